The van der Waals surface area contributed by atoms with E-state index >= 15 is 0 Å². The third-order valence-electron chi connectivity index (χ3n) is 7.08. The monoisotopic (exact) mass is 495 g/mol. The average molecular weight is 496 g/mol. The first-order chi connectivity index (χ1) is 17.1. The average Bonchev–Trinajstić information content (AvgIpc) is 3.48. The van der Waals surface area contributed by atoms with Gasteiger partial charge in [-0.1, -0.05) is 17.7 Å². The number of rotatable bonds is 6. The Balaban J connectivity index is 1.54. The lowest BCUT2D eigenvalue weighted by atomic mass is 9.90. The highest BCUT2D eigenvalue weighted by Crippen LogP contribution is 2.33. The van der Waals surface area contributed by atoms with Crippen LogP contribution in [-0.2, 0) is 4.74 Å². The van der Waals surface area contributed by atoms with Crippen LogP contribution in [0, 0.1) is 13.8 Å². The minimum Gasteiger partial charge on any atom is -0.444 e. The Labute approximate surface area is 215 Å². The number of ether oxygens (including phenoxy) is 1. The molecule has 3 heterocycles. The normalized spacial score (nSPS) is 17.4. The van der Waals surface area contributed by atoms with Crippen molar-refractivity contribution >= 4 is 12.0 Å². The molecule has 0 spiro atoms. The summed E-state index contributed by atoms with van der Waals surface area (Å²) in [6.45, 7) is 14.7. The molecular formula is C28H41N5O3. The van der Waals surface area contributed by atoms with E-state index in [1.807, 2.05) is 25.5 Å². The van der Waals surface area contributed by atoms with Crippen LogP contribution in [0.3, 0.4) is 0 Å². The molecule has 196 valence electrons. The second kappa shape index (κ2) is 11.0. The van der Waals surface area contributed by atoms with Gasteiger partial charge in [0.25, 0.3) is 5.91 Å². The predicted molar refractivity (Wildman–Crippen MR) is 141 cm³/mol. The van der Waals surface area contributed by atoms with E-state index < -0.39 is 5.60 Å². The lowest BCUT2D eigenvalue weighted by Gasteiger charge is -2.34. The highest BCUT2D eigenvalue weighted by atomic mass is 16.6. The number of hydrogen-bond donors (Lipinski definition) is 1. The van der Waals surface area contributed by atoms with E-state index in [4.69, 9.17) is 9.84 Å². The number of carbonyl (C=O) groups excluding carboxylic acids is 2. The number of piperidine rings is 1. The van der Waals surface area contributed by atoms with Gasteiger partial charge in [0.15, 0.2) is 0 Å². The van der Waals surface area contributed by atoms with Gasteiger partial charge >= 0.3 is 6.09 Å². The lowest BCUT2D eigenvalue weighted by molar-refractivity contribution is 0.0203. The number of amides is 2. The van der Waals surface area contributed by atoms with Crippen LogP contribution in [0.1, 0.15) is 79.6 Å². The molecular weight excluding hydrogens is 454 g/mol. The molecule has 2 aromatic rings. The molecule has 0 saturated carbocycles. The Hall–Kier alpha value is -2.87. The van der Waals surface area contributed by atoms with Gasteiger partial charge in [-0.05, 0) is 85.0 Å². The number of likely N-dealkylation sites (tertiary alicyclic amines) is 2. The first-order valence-electron chi connectivity index (χ1n) is 13.3. The van der Waals surface area contributed by atoms with Gasteiger partial charge in [0, 0.05) is 32.1 Å². The van der Waals surface area contributed by atoms with Crippen molar-refractivity contribution in [1.82, 2.24) is 24.9 Å². The second-order valence-electron chi connectivity index (χ2n) is 11.2. The van der Waals surface area contributed by atoms with Crippen LogP contribution in [0.25, 0.3) is 5.69 Å². The highest BCUT2D eigenvalue weighted by molar-refractivity contribution is 5.95. The summed E-state index contributed by atoms with van der Waals surface area (Å²) in [5, 5.41) is 7.83. The Morgan fingerprint density at radius 3 is 2.42 bits per heavy atom. The predicted octanol–water partition coefficient (Wildman–Crippen LogP) is 4.43. The Morgan fingerprint density at radius 1 is 1.08 bits per heavy atom. The van der Waals surface area contributed by atoms with Crippen LogP contribution in [-0.4, -0.2) is 76.5 Å². The SMILES string of the molecule is Cc1ccc(-n2ncc(C(=O)NCCN3CCCC3)c2C2CCN(C(=O)OC(C)(C)C)CC2)c(C)c1. The Bertz CT molecular complexity index is 1070. The van der Waals surface area contributed by atoms with E-state index in [9.17, 15) is 9.59 Å². The first kappa shape index (κ1) is 26.2. The van der Waals surface area contributed by atoms with Crippen molar-refractivity contribution in [1.29, 1.82) is 0 Å². The number of benzene rings is 1. The Kier molecular flexibility index (Phi) is 8.03. The van der Waals surface area contributed by atoms with Gasteiger partial charge in [-0.2, -0.15) is 5.10 Å². The molecule has 2 aliphatic rings. The fourth-order valence-corrected chi connectivity index (χ4v) is 5.25. The summed E-state index contributed by atoms with van der Waals surface area (Å²) in [4.78, 5) is 30.1. The van der Waals surface area contributed by atoms with E-state index in [1.54, 1.807) is 11.1 Å². The van der Waals surface area contributed by atoms with Crippen molar-refractivity contribution in [3.63, 3.8) is 0 Å². The molecule has 8 heteroatoms. The van der Waals surface area contributed by atoms with E-state index in [0.717, 1.165) is 49.4 Å². The fraction of sp³-hybridized carbons (Fsp3) is 0.607. The molecule has 0 unspecified atom stereocenters. The van der Waals surface area contributed by atoms with Gasteiger partial charge in [0.05, 0.1) is 23.1 Å². The molecule has 2 fully saturated rings. The largest absolute Gasteiger partial charge is 0.444 e. The van der Waals surface area contributed by atoms with Gasteiger partial charge < -0.3 is 19.9 Å². The summed E-state index contributed by atoms with van der Waals surface area (Å²) in [7, 11) is 0. The number of aromatic nitrogens is 2. The third kappa shape index (κ3) is 6.27. The summed E-state index contributed by atoms with van der Waals surface area (Å²) >= 11 is 0. The zero-order valence-electron chi connectivity index (χ0n) is 22.5. The first-order valence-corrected chi connectivity index (χ1v) is 13.3. The summed E-state index contributed by atoms with van der Waals surface area (Å²) in [6.07, 6.45) is 5.42. The summed E-state index contributed by atoms with van der Waals surface area (Å²) < 4.78 is 7.52. The van der Waals surface area contributed by atoms with Crippen LogP contribution in [0.4, 0.5) is 4.79 Å². The molecule has 0 aliphatic carbocycles. The van der Waals surface area contributed by atoms with Crippen molar-refractivity contribution in [3.8, 4) is 5.69 Å². The van der Waals surface area contributed by atoms with Crippen molar-refractivity contribution in [2.45, 2.75) is 71.8 Å². The molecule has 2 saturated heterocycles. The Morgan fingerprint density at radius 2 is 1.78 bits per heavy atom. The third-order valence-corrected chi connectivity index (χ3v) is 7.08. The summed E-state index contributed by atoms with van der Waals surface area (Å²) in [5.74, 6) is 0.0426. The minimum atomic E-state index is -0.518. The second-order valence-corrected chi connectivity index (χ2v) is 11.2. The molecule has 8 nitrogen and oxygen atoms in total. The minimum absolute atomic E-state index is 0.0743. The number of nitrogens with one attached hydrogen (secondary N) is 1. The van der Waals surface area contributed by atoms with Crippen LogP contribution in [0.15, 0.2) is 24.4 Å². The number of hydrogen-bond acceptors (Lipinski definition) is 5. The molecule has 36 heavy (non-hydrogen) atoms. The topological polar surface area (TPSA) is 79.7 Å². The molecule has 4 rings (SSSR count). The van der Waals surface area contributed by atoms with Crippen molar-refractivity contribution in [3.05, 3.63) is 46.8 Å². The van der Waals surface area contributed by atoms with E-state index in [2.05, 4.69) is 42.3 Å². The van der Waals surface area contributed by atoms with Crippen LogP contribution in [0.2, 0.25) is 0 Å². The summed E-state index contributed by atoms with van der Waals surface area (Å²) in [5.41, 5.74) is 4.34. The van der Waals surface area contributed by atoms with Crippen LogP contribution >= 0.6 is 0 Å². The van der Waals surface area contributed by atoms with E-state index in [0.29, 0.717) is 25.2 Å². The van der Waals surface area contributed by atoms with Gasteiger partial charge in [-0.25, -0.2) is 9.48 Å². The maximum absolute atomic E-state index is 13.3. The van der Waals surface area contributed by atoms with Crippen LogP contribution < -0.4 is 5.32 Å². The lowest BCUT2D eigenvalue weighted by Crippen LogP contribution is -2.41. The molecule has 1 N–H and O–H groups in total. The zero-order chi connectivity index (χ0) is 25.9. The molecule has 1 aromatic heterocycles. The molecule has 1 aromatic carbocycles. The van der Waals surface area contributed by atoms with Crippen molar-refractivity contribution in [2.75, 3.05) is 39.3 Å². The highest BCUT2D eigenvalue weighted by Gasteiger charge is 2.32. The van der Waals surface area contributed by atoms with Gasteiger partial charge in [-0.15, -0.1) is 0 Å². The maximum Gasteiger partial charge on any atom is 0.410 e. The van der Waals surface area contributed by atoms with Gasteiger partial charge in [-0.3, -0.25) is 4.79 Å². The molecule has 2 amide bonds. The van der Waals surface area contributed by atoms with Crippen LogP contribution in [0.5, 0.6) is 0 Å². The maximum atomic E-state index is 13.3. The molecule has 2 aliphatic heterocycles. The van der Waals surface area contributed by atoms with E-state index in [-0.39, 0.29) is 17.9 Å². The summed E-state index contributed by atoms with van der Waals surface area (Å²) in [6, 6.07) is 6.29. The van der Waals surface area contributed by atoms with Gasteiger partial charge in [0.1, 0.15) is 5.60 Å². The van der Waals surface area contributed by atoms with Gasteiger partial charge in [0.2, 0.25) is 0 Å². The smallest absolute Gasteiger partial charge is 0.410 e. The van der Waals surface area contributed by atoms with Crippen molar-refractivity contribution in [2.24, 2.45) is 0 Å². The molecule has 0 atom stereocenters. The quantitative estimate of drug-likeness (QED) is 0.641. The van der Waals surface area contributed by atoms with Crippen molar-refractivity contribution < 1.29 is 14.3 Å². The molecule has 0 radical (unpaired) electrons. The zero-order valence-corrected chi connectivity index (χ0v) is 22.5. The standard InChI is InChI=1S/C28H41N5O3/c1-20-8-9-24(21(2)18-20)33-25(22-10-15-32(16-11-22)27(35)36-28(3,4)5)23(19-30-33)26(34)29-12-17-31-13-6-7-14-31/h8-9,18-19,22H,6-7,10-17H2,1-5H3,(H,29,34). The number of nitrogens with zero attached hydrogens (tertiary/aromatic N) is 4. The van der Waals surface area contributed by atoms with E-state index in [1.165, 1.54) is 18.4 Å². The molecule has 0 bridgehead atoms. The fourth-order valence-electron chi connectivity index (χ4n) is 5.25. The number of aryl methyl sites for hydroxylation is 2. The number of carbonyl (C=O) groups is 2.